The number of aromatic nitrogens is 4. The standard InChI is InChI=1S/C14H16N4O3/c1-4-21-13(19)6-5-12-15-7-11(14(17-12)20-3)18-8-10(2)16-9-18/h5-9H,4H2,1-3H3/b6-5+. The Kier molecular flexibility index (Phi) is 4.65. The van der Waals surface area contributed by atoms with E-state index < -0.39 is 5.97 Å². The maximum absolute atomic E-state index is 11.3. The lowest BCUT2D eigenvalue weighted by atomic mass is 10.4. The molecule has 0 saturated heterocycles. The lowest BCUT2D eigenvalue weighted by molar-refractivity contribution is -0.137. The van der Waals surface area contributed by atoms with Crippen molar-refractivity contribution >= 4 is 12.0 Å². The van der Waals surface area contributed by atoms with Gasteiger partial charge in [-0.1, -0.05) is 0 Å². The van der Waals surface area contributed by atoms with Gasteiger partial charge in [0.05, 0.1) is 31.9 Å². The van der Waals surface area contributed by atoms with Crippen molar-refractivity contribution in [1.82, 2.24) is 19.5 Å². The Morgan fingerprint density at radius 3 is 2.86 bits per heavy atom. The third-order valence-electron chi connectivity index (χ3n) is 2.59. The van der Waals surface area contributed by atoms with Crippen molar-refractivity contribution in [3.05, 3.63) is 36.3 Å². The summed E-state index contributed by atoms with van der Waals surface area (Å²) in [5, 5.41) is 0. The van der Waals surface area contributed by atoms with Crippen LogP contribution in [0.4, 0.5) is 0 Å². The average Bonchev–Trinajstić information content (AvgIpc) is 2.91. The number of methoxy groups -OCH3 is 1. The quantitative estimate of drug-likeness (QED) is 0.613. The van der Waals surface area contributed by atoms with Gasteiger partial charge in [-0.2, -0.15) is 4.98 Å². The van der Waals surface area contributed by atoms with E-state index in [1.165, 1.54) is 19.3 Å². The Morgan fingerprint density at radius 2 is 2.24 bits per heavy atom. The highest BCUT2D eigenvalue weighted by Gasteiger charge is 2.09. The van der Waals surface area contributed by atoms with Crippen LogP contribution in [0.15, 0.2) is 24.8 Å². The molecule has 0 radical (unpaired) electrons. The zero-order valence-electron chi connectivity index (χ0n) is 12.1. The zero-order valence-corrected chi connectivity index (χ0v) is 12.1. The minimum atomic E-state index is -0.436. The second-order valence-corrected chi connectivity index (χ2v) is 4.13. The van der Waals surface area contributed by atoms with Crippen LogP contribution in [-0.4, -0.2) is 39.2 Å². The highest BCUT2D eigenvalue weighted by molar-refractivity contribution is 5.86. The molecule has 2 aromatic rings. The Labute approximate surface area is 122 Å². The summed E-state index contributed by atoms with van der Waals surface area (Å²) in [5.74, 6) is 0.320. The van der Waals surface area contributed by atoms with Crippen molar-refractivity contribution < 1.29 is 14.3 Å². The topological polar surface area (TPSA) is 79.1 Å². The molecule has 0 fully saturated rings. The maximum atomic E-state index is 11.3. The highest BCUT2D eigenvalue weighted by Crippen LogP contribution is 2.19. The first-order chi connectivity index (χ1) is 10.1. The number of hydrogen-bond donors (Lipinski definition) is 0. The normalized spacial score (nSPS) is 10.8. The van der Waals surface area contributed by atoms with E-state index in [9.17, 15) is 4.79 Å². The van der Waals surface area contributed by atoms with Crippen LogP contribution in [0, 0.1) is 6.92 Å². The van der Waals surface area contributed by atoms with Crippen LogP contribution in [0.2, 0.25) is 0 Å². The number of aryl methyl sites for hydroxylation is 1. The SMILES string of the molecule is CCOC(=O)/C=C/c1ncc(-n2cnc(C)c2)c(OC)n1. The molecule has 0 amide bonds. The first-order valence-electron chi connectivity index (χ1n) is 6.41. The molecule has 0 spiro atoms. The molecule has 2 rings (SSSR count). The van der Waals surface area contributed by atoms with Crippen LogP contribution in [-0.2, 0) is 9.53 Å². The summed E-state index contributed by atoms with van der Waals surface area (Å²) in [6.45, 7) is 3.96. The number of ether oxygens (including phenoxy) is 2. The second kappa shape index (κ2) is 6.65. The van der Waals surface area contributed by atoms with Gasteiger partial charge in [0.25, 0.3) is 0 Å². The summed E-state index contributed by atoms with van der Waals surface area (Å²) in [5.41, 5.74) is 1.55. The highest BCUT2D eigenvalue weighted by atomic mass is 16.5. The number of carbonyl (C=O) groups excluding carboxylic acids is 1. The average molecular weight is 288 g/mol. The fourth-order valence-corrected chi connectivity index (χ4v) is 1.67. The summed E-state index contributed by atoms with van der Waals surface area (Å²) >= 11 is 0. The Bertz CT molecular complexity index is 664. The van der Waals surface area contributed by atoms with Gasteiger partial charge in [-0.25, -0.2) is 14.8 Å². The fraction of sp³-hybridized carbons (Fsp3) is 0.286. The molecule has 2 heterocycles. The van der Waals surface area contributed by atoms with Crippen molar-refractivity contribution in [3.8, 4) is 11.6 Å². The molecular weight excluding hydrogens is 272 g/mol. The van der Waals surface area contributed by atoms with Gasteiger partial charge in [-0.15, -0.1) is 0 Å². The van der Waals surface area contributed by atoms with Gasteiger partial charge in [0.2, 0.25) is 5.88 Å². The van der Waals surface area contributed by atoms with E-state index in [0.29, 0.717) is 24.0 Å². The van der Waals surface area contributed by atoms with Crippen LogP contribution >= 0.6 is 0 Å². The monoisotopic (exact) mass is 288 g/mol. The molecule has 0 unspecified atom stereocenters. The predicted octanol–water partition coefficient (Wildman–Crippen LogP) is 1.56. The molecule has 0 bridgehead atoms. The van der Waals surface area contributed by atoms with Crippen molar-refractivity contribution in [2.45, 2.75) is 13.8 Å². The van der Waals surface area contributed by atoms with Crippen molar-refractivity contribution in [2.75, 3.05) is 13.7 Å². The van der Waals surface area contributed by atoms with E-state index in [-0.39, 0.29) is 0 Å². The molecule has 0 aliphatic heterocycles. The van der Waals surface area contributed by atoms with E-state index in [2.05, 4.69) is 15.0 Å². The third kappa shape index (κ3) is 3.65. The number of esters is 1. The largest absolute Gasteiger partial charge is 0.479 e. The fourth-order valence-electron chi connectivity index (χ4n) is 1.67. The lowest BCUT2D eigenvalue weighted by Gasteiger charge is -2.07. The lowest BCUT2D eigenvalue weighted by Crippen LogP contribution is -2.02. The molecule has 0 saturated carbocycles. The Hall–Kier alpha value is -2.70. The molecule has 0 atom stereocenters. The number of rotatable bonds is 5. The number of nitrogens with zero attached hydrogens (tertiary/aromatic N) is 4. The van der Waals surface area contributed by atoms with Crippen molar-refractivity contribution in [2.24, 2.45) is 0 Å². The molecule has 0 aromatic carbocycles. The third-order valence-corrected chi connectivity index (χ3v) is 2.59. The van der Waals surface area contributed by atoms with Gasteiger partial charge in [0.1, 0.15) is 5.69 Å². The van der Waals surface area contributed by atoms with Crippen LogP contribution in [0.5, 0.6) is 5.88 Å². The molecular formula is C14H16N4O3. The summed E-state index contributed by atoms with van der Waals surface area (Å²) in [4.78, 5) is 23.8. The van der Waals surface area contributed by atoms with E-state index >= 15 is 0 Å². The molecule has 2 aromatic heterocycles. The van der Waals surface area contributed by atoms with E-state index in [4.69, 9.17) is 9.47 Å². The maximum Gasteiger partial charge on any atom is 0.330 e. The van der Waals surface area contributed by atoms with Crippen LogP contribution in [0.25, 0.3) is 11.8 Å². The number of imidazole rings is 1. The summed E-state index contributed by atoms with van der Waals surface area (Å²) < 4.78 is 11.8. The van der Waals surface area contributed by atoms with Gasteiger partial charge in [-0.05, 0) is 19.9 Å². The molecule has 0 N–H and O–H groups in total. The molecule has 0 aliphatic carbocycles. The Morgan fingerprint density at radius 1 is 1.43 bits per heavy atom. The van der Waals surface area contributed by atoms with Crippen LogP contribution in [0.3, 0.4) is 0 Å². The van der Waals surface area contributed by atoms with Gasteiger partial charge < -0.3 is 9.47 Å². The first kappa shape index (κ1) is 14.7. The molecule has 21 heavy (non-hydrogen) atoms. The smallest absolute Gasteiger partial charge is 0.330 e. The van der Waals surface area contributed by atoms with Gasteiger partial charge in [0, 0.05) is 12.3 Å². The minimum Gasteiger partial charge on any atom is -0.479 e. The Balaban J connectivity index is 2.26. The second-order valence-electron chi connectivity index (χ2n) is 4.13. The van der Waals surface area contributed by atoms with E-state index in [0.717, 1.165) is 5.69 Å². The first-order valence-corrected chi connectivity index (χ1v) is 6.41. The number of carbonyl (C=O) groups is 1. The number of hydrogen-bond acceptors (Lipinski definition) is 6. The summed E-state index contributed by atoms with van der Waals surface area (Å²) in [7, 11) is 1.52. The van der Waals surface area contributed by atoms with E-state index in [1.54, 1.807) is 24.0 Å². The zero-order chi connectivity index (χ0) is 15.2. The van der Waals surface area contributed by atoms with Crippen LogP contribution in [0.1, 0.15) is 18.4 Å². The summed E-state index contributed by atoms with van der Waals surface area (Å²) in [6.07, 6.45) is 7.86. The molecule has 7 heteroatoms. The minimum absolute atomic E-state index is 0.326. The van der Waals surface area contributed by atoms with E-state index in [1.807, 2.05) is 13.1 Å². The van der Waals surface area contributed by atoms with Crippen molar-refractivity contribution in [1.29, 1.82) is 0 Å². The van der Waals surface area contributed by atoms with Crippen molar-refractivity contribution in [3.63, 3.8) is 0 Å². The van der Waals surface area contributed by atoms with Crippen LogP contribution < -0.4 is 4.74 Å². The van der Waals surface area contributed by atoms with Gasteiger partial charge in [-0.3, -0.25) is 4.57 Å². The van der Waals surface area contributed by atoms with Gasteiger partial charge >= 0.3 is 5.97 Å². The van der Waals surface area contributed by atoms with Gasteiger partial charge in [0.15, 0.2) is 5.82 Å². The molecule has 0 aliphatic rings. The predicted molar refractivity (Wildman–Crippen MR) is 76.1 cm³/mol. The molecule has 110 valence electrons. The molecule has 7 nitrogen and oxygen atoms in total. The summed E-state index contributed by atoms with van der Waals surface area (Å²) in [6, 6.07) is 0.